The van der Waals surface area contributed by atoms with Crippen LogP contribution >= 0.6 is 22.9 Å². The maximum atomic E-state index is 13.3. The number of hydrogen-bond acceptors (Lipinski definition) is 6. The fraction of sp³-hybridized carbons (Fsp3) is 0.550. The van der Waals surface area contributed by atoms with Gasteiger partial charge in [-0.25, -0.2) is 9.50 Å². The summed E-state index contributed by atoms with van der Waals surface area (Å²) in [5, 5.41) is 6.03. The quantitative estimate of drug-likeness (QED) is 0.608. The zero-order valence-corrected chi connectivity index (χ0v) is 18.8. The van der Waals surface area contributed by atoms with Gasteiger partial charge in [0, 0.05) is 25.8 Å². The lowest BCUT2D eigenvalue weighted by Gasteiger charge is -2.25. The predicted molar refractivity (Wildman–Crippen MR) is 118 cm³/mol. The molecule has 0 spiro atoms. The minimum absolute atomic E-state index is 0.0533. The van der Waals surface area contributed by atoms with Crippen LogP contribution in [0, 0.1) is 6.92 Å². The van der Waals surface area contributed by atoms with Gasteiger partial charge >= 0.3 is 0 Å². The maximum Gasteiger partial charge on any atom is 0.278 e. The first-order valence-electron chi connectivity index (χ1n) is 10.0. The van der Waals surface area contributed by atoms with E-state index in [0.717, 1.165) is 42.3 Å². The van der Waals surface area contributed by atoms with Gasteiger partial charge in [0.15, 0.2) is 16.1 Å². The van der Waals surface area contributed by atoms with E-state index in [1.54, 1.807) is 16.1 Å². The van der Waals surface area contributed by atoms with Crippen molar-refractivity contribution >= 4 is 33.6 Å². The number of anilines is 1. The highest BCUT2D eigenvalue weighted by Gasteiger charge is 2.24. The molecule has 0 N–H and O–H groups in total. The molecule has 1 fully saturated rings. The first kappa shape index (κ1) is 20.4. The van der Waals surface area contributed by atoms with Crippen LogP contribution in [0.3, 0.4) is 0 Å². The normalized spacial score (nSPS) is 15.0. The molecular formula is C20H26ClN5O2S. The van der Waals surface area contributed by atoms with Crippen LogP contribution in [0.1, 0.15) is 43.9 Å². The van der Waals surface area contributed by atoms with E-state index in [0.29, 0.717) is 40.5 Å². The highest BCUT2D eigenvalue weighted by Crippen LogP contribution is 2.37. The Morgan fingerprint density at radius 2 is 1.97 bits per heavy atom. The average Bonchev–Trinajstić information content (AvgIpc) is 3.27. The summed E-state index contributed by atoms with van der Waals surface area (Å²) >= 11 is 7.96. The first-order valence-corrected chi connectivity index (χ1v) is 11.2. The second-order valence-electron chi connectivity index (χ2n) is 7.42. The lowest BCUT2D eigenvalue weighted by molar-refractivity contribution is 0.122. The van der Waals surface area contributed by atoms with Crippen molar-refractivity contribution in [2.45, 2.75) is 39.5 Å². The zero-order chi connectivity index (χ0) is 20.7. The Balaban J connectivity index is 1.86. The third-order valence-electron chi connectivity index (χ3n) is 5.69. The zero-order valence-electron chi connectivity index (χ0n) is 17.2. The molecular weight excluding hydrogens is 410 g/mol. The van der Waals surface area contributed by atoms with Gasteiger partial charge in [0.25, 0.3) is 5.56 Å². The van der Waals surface area contributed by atoms with Crippen LogP contribution in [-0.4, -0.2) is 45.5 Å². The number of ether oxygens (including phenoxy) is 1. The van der Waals surface area contributed by atoms with Crippen molar-refractivity contribution in [1.82, 2.24) is 19.2 Å². The Bertz CT molecular complexity index is 1090. The number of aryl methyl sites for hydroxylation is 1. The summed E-state index contributed by atoms with van der Waals surface area (Å²) in [5.41, 5.74) is 2.64. The summed E-state index contributed by atoms with van der Waals surface area (Å²) < 4.78 is 8.79. The Morgan fingerprint density at radius 1 is 1.28 bits per heavy atom. The van der Waals surface area contributed by atoms with Crippen LogP contribution < -0.4 is 10.5 Å². The van der Waals surface area contributed by atoms with Crippen molar-refractivity contribution in [2.24, 2.45) is 7.05 Å². The lowest BCUT2D eigenvalue weighted by atomic mass is 9.95. The number of rotatable bonds is 5. The number of fused-ring (bicyclic) bond motifs is 1. The Kier molecular flexibility index (Phi) is 5.68. The molecule has 7 nitrogen and oxygen atoms in total. The molecule has 0 atom stereocenters. The topological polar surface area (TPSA) is 64.7 Å². The van der Waals surface area contributed by atoms with Crippen LogP contribution in [0.15, 0.2) is 10.9 Å². The lowest BCUT2D eigenvalue weighted by Crippen LogP contribution is -2.36. The molecule has 3 aromatic heterocycles. The summed E-state index contributed by atoms with van der Waals surface area (Å²) in [6, 6.07) is 2.10. The monoisotopic (exact) mass is 435 g/mol. The molecule has 0 radical (unpaired) electrons. The molecule has 0 bridgehead atoms. The van der Waals surface area contributed by atoms with Gasteiger partial charge in [-0.05, 0) is 37.3 Å². The van der Waals surface area contributed by atoms with Crippen molar-refractivity contribution in [3.63, 3.8) is 0 Å². The third-order valence-corrected chi connectivity index (χ3v) is 7.19. The van der Waals surface area contributed by atoms with Crippen molar-refractivity contribution < 1.29 is 4.74 Å². The Morgan fingerprint density at radius 3 is 2.62 bits per heavy atom. The minimum Gasteiger partial charge on any atom is -0.378 e. The van der Waals surface area contributed by atoms with Crippen LogP contribution in [0.25, 0.3) is 16.2 Å². The summed E-state index contributed by atoms with van der Waals surface area (Å²) in [6.07, 6.45) is 1.98. The van der Waals surface area contributed by atoms with E-state index in [1.807, 2.05) is 6.92 Å². The van der Waals surface area contributed by atoms with E-state index in [9.17, 15) is 4.79 Å². The Hall–Kier alpha value is -1.90. The molecule has 156 valence electrons. The minimum atomic E-state index is -0.0533. The summed E-state index contributed by atoms with van der Waals surface area (Å²) in [4.78, 5) is 20.7. The predicted octanol–water partition coefficient (Wildman–Crippen LogP) is 3.86. The van der Waals surface area contributed by atoms with E-state index in [4.69, 9.17) is 21.4 Å². The number of halogens is 1. The van der Waals surface area contributed by atoms with Gasteiger partial charge in [0.2, 0.25) is 0 Å². The number of thiazole rings is 1. The van der Waals surface area contributed by atoms with Crippen LogP contribution in [-0.2, 0) is 11.8 Å². The first-order chi connectivity index (χ1) is 14.0. The molecule has 0 amide bonds. The van der Waals surface area contributed by atoms with E-state index in [2.05, 4.69) is 29.8 Å². The van der Waals surface area contributed by atoms with Gasteiger partial charge < -0.3 is 9.64 Å². The summed E-state index contributed by atoms with van der Waals surface area (Å²) in [7, 11) is 1.76. The molecule has 0 aromatic carbocycles. The second kappa shape index (κ2) is 8.08. The van der Waals surface area contributed by atoms with E-state index >= 15 is 0 Å². The number of aromatic nitrogens is 4. The molecule has 4 rings (SSSR count). The molecule has 1 aliphatic rings. The number of morpholine rings is 1. The molecule has 0 saturated carbocycles. The average molecular weight is 436 g/mol. The molecule has 4 heterocycles. The number of nitrogens with zero attached hydrogens (tertiary/aromatic N) is 5. The number of hydrogen-bond donors (Lipinski definition) is 0. The van der Waals surface area contributed by atoms with Crippen molar-refractivity contribution in [1.29, 1.82) is 0 Å². The largest absolute Gasteiger partial charge is 0.378 e. The molecule has 29 heavy (non-hydrogen) atoms. The van der Waals surface area contributed by atoms with E-state index < -0.39 is 0 Å². The van der Waals surface area contributed by atoms with E-state index in [-0.39, 0.29) is 5.56 Å². The SMILES string of the molecule is CCC(CC)c1cc(C)n2nc(-c3sc(N4CCOCC4)nc3Cl)n(C)c(=O)c12. The highest BCUT2D eigenvalue weighted by atomic mass is 35.5. The molecule has 9 heteroatoms. The van der Waals surface area contributed by atoms with Crippen molar-refractivity contribution in [3.8, 4) is 10.7 Å². The van der Waals surface area contributed by atoms with Gasteiger partial charge in [-0.1, -0.05) is 36.8 Å². The Labute approximate surface area is 178 Å². The highest BCUT2D eigenvalue weighted by molar-refractivity contribution is 7.19. The smallest absolute Gasteiger partial charge is 0.278 e. The van der Waals surface area contributed by atoms with Crippen LogP contribution in [0.5, 0.6) is 0 Å². The van der Waals surface area contributed by atoms with E-state index in [1.165, 1.54) is 11.3 Å². The fourth-order valence-electron chi connectivity index (χ4n) is 3.97. The molecule has 0 aliphatic carbocycles. The molecule has 1 aliphatic heterocycles. The van der Waals surface area contributed by atoms with Crippen molar-refractivity contribution in [2.75, 3.05) is 31.2 Å². The summed E-state index contributed by atoms with van der Waals surface area (Å²) in [6.45, 7) is 9.22. The molecule has 1 saturated heterocycles. The van der Waals surface area contributed by atoms with Crippen molar-refractivity contribution in [3.05, 3.63) is 32.8 Å². The van der Waals surface area contributed by atoms with Crippen LogP contribution in [0.2, 0.25) is 5.15 Å². The van der Waals surface area contributed by atoms with Gasteiger partial charge in [-0.3, -0.25) is 9.36 Å². The second-order valence-corrected chi connectivity index (χ2v) is 8.75. The molecule has 3 aromatic rings. The van der Waals surface area contributed by atoms with Gasteiger partial charge in [-0.15, -0.1) is 5.10 Å². The standard InChI is InChI=1S/C20H26ClN5O2S/c1-5-13(6-2)14-11-12(3)26-15(14)19(27)24(4)18(23-26)16-17(21)22-20(29-16)25-7-9-28-10-8-25/h11,13H,5-10H2,1-4H3. The molecule has 0 unspecified atom stereocenters. The summed E-state index contributed by atoms with van der Waals surface area (Å²) in [5.74, 6) is 0.887. The van der Waals surface area contributed by atoms with Gasteiger partial charge in [0.1, 0.15) is 10.4 Å². The van der Waals surface area contributed by atoms with Crippen LogP contribution in [0.4, 0.5) is 5.13 Å². The van der Waals surface area contributed by atoms with Gasteiger partial charge in [-0.2, -0.15) is 0 Å². The maximum absolute atomic E-state index is 13.3. The third kappa shape index (κ3) is 3.47. The van der Waals surface area contributed by atoms with Gasteiger partial charge in [0.05, 0.1) is 13.2 Å². The fourth-order valence-corrected chi connectivity index (χ4v) is 5.33.